The minimum atomic E-state index is -4.43. The summed E-state index contributed by atoms with van der Waals surface area (Å²) in [6.45, 7) is 1.53. The molecule has 1 aromatic carbocycles. The lowest BCUT2D eigenvalue weighted by Crippen LogP contribution is -2.35. The number of rotatable bonds is 1. The third-order valence-corrected chi connectivity index (χ3v) is 2.50. The first-order chi connectivity index (χ1) is 8.38. The van der Waals surface area contributed by atoms with E-state index in [-0.39, 0.29) is 12.4 Å². The van der Waals surface area contributed by atoms with Crippen molar-refractivity contribution < 1.29 is 22.7 Å². The molecule has 6 heteroatoms. The molecule has 1 heterocycles. The van der Waals surface area contributed by atoms with Gasteiger partial charge in [-0.25, -0.2) is 0 Å². The maximum Gasteiger partial charge on any atom is 0.416 e. The van der Waals surface area contributed by atoms with Crippen LogP contribution in [0.1, 0.15) is 12.5 Å². The second kappa shape index (κ2) is 4.36. The van der Waals surface area contributed by atoms with E-state index in [9.17, 15) is 18.0 Å². The van der Waals surface area contributed by atoms with Crippen molar-refractivity contribution in [2.24, 2.45) is 0 Å². The molecule has 0 saturated heterocycles. The summed E-state index contributed by atoms with van der Waals surface area (Å²) in [6, 6.07) is 4.58. The predicted molar refractivity (Wildman–Crippen MR) is 58.6 cm³/mol. The third kappa shape index (κ3) is 2.47. The Morgan fingerprint density at radius 1 is 1.33 bits per heavy atom. The van der Waals surface area contributed by atoms with Gasteiger partial charge in [0.05, 0.1) is 5.56 Å². The molecule has 0 unspecified atom stereocenters. The van der Waals surface area contributed by atoms with Crippen molar-refractivity contribution in [2.75, 3.05) is 11.6 Å². The lowest BCUT2D eigenvalue weighted by Gasteiger charge is -2.26. The summed E-state index contributed by atoms with van der Waals surface area (Å²) in [4.78, 5) is 12.8. The first-order valence-electron chi connectivity index (χ1n) is 5.18. The second-order valence-corrected chi connectivity index (χ2v) is 3.84. The molecule has 0 spiro atoms. The summed E-state index contributed by atoms with van der Waals surface area (Å²) < 4.78 is 42.8. The zero-order valence-corrected chi connectivity index (χ0v) is 9.49. The second-order valence-electron chi connectivity index (χ2n) is 3.84. The fraction of sp³-hybridized carbons (Fsp3) is 0.250. The van der Waals surface area contributed by atoms with Gasteiger partial charge >= 0.3 is 6.18 Å². The summed E-state index contributed by atoms with van der Waals surface area (Å²) in [5.41, 5.74) is -0.627. The van der Waals surface area contributed by atoms with Crippen LogP contribution in [0.4, 0.5) is 18.9 Å². The van der Waals surface area contributed by atoms with Crippen LogP contribution in [0.25, 0.3) is 0 Å². The van der Waals surface area contributed by atoms with Crippen molar-refractivity contribution in [3.63, 3.8) is 0 Å². The number of benzene rings is 1. The molecule has 0 fully saturated rings. The van der Waals surface area contributed by atoms with Gasteiger partial charge < -0.3 is 4.74 Å². The number of nitrogens with zero attached hydrogens (tertiary/aromatic N) is 1. The molecule has 18 heavy (non-hydrogen) atoms. The predicted octanol–water partition coefficient (Wildman–Crippen LogP) is 2.93. The van der Waals surface area contributed by atoms with Crippen LogP contribution in [0.5, 0.6) is 0 Å². The Morgan fingerprint density at radius 2 is 2.06 bits per heavy atom. The first-order valence-corrected chi connectivity index (χ1v) is 5.18. The molecule has 96 valence electrons. The lowest BCUT2D eigenvalue weighted by atomic mass is 10.2. The van der Waals surface area contributed by atoms with Gasteiger partial charge in [0.2, 0.25) is 0 Å². The summed E-state index contributed by atoms with van der Waals surface area (Å²) in [5, 5.41) is 0. The molecular weight excluding hydrogens is 247 g/mol. The summed E-state index contributed by atoms with van der Waals surface area (Å²) in [5.74, 6) is 0.0568. The number of hydrogen-bond donors (Lipinski definition) is 0. The van der Waals surface area contributed by atoms with Gasteiger partial charge in [-0.15, -0.1) is 0 Å². The Morgan fingerprint density at radius 3 is 2.67 bits per heavy atom. The smallest absolute Gasteiger partial charge is 0.416 e. The molecular formula is C12H10F3NO2. The maximum atomic E-state index is 12.5. The van der Waals surface area contributed by atoms with Crippen LogP contribution in [-0.4, -0.2) is 12.6 Å². The molecule has 0 aromatic heterocycles. The maximum absolute atomic E-state index is 12.5. The Kier molecular flexibility index (Phi) is 3.02. The highest BCUT2D eigenvalue weighted by Crippen LogP contribution is 2.32. The number of anilines is 1. The van der Waals surface area contributed by atoms with Gasteiger partial charge in [-0.2, -0.15) is 13.2 Å². The molecule has 1 aliphatic rings. The molecule has 2 rings (SSSR count). The van der Waals surface area contributed by atoms with Crippen molar-refractivity contribution in [3.8, 4) is 0 Å². The van der Waals surface area contributed by atoms with Gasteiger partial charge in [0.1, 0.15) is 5.76 Å². The van der Waals surface area contributed by atoms with E-state index in [4.69, 9.17) is 4.74 Å². The van der Waals surface area contributed by atoms with Crippen molar-refractivity contribution in [3.05, 3.63) is 41.7 Å². The monoisotopic (exact) mass is 257 g/mol. The molecule has 0 bridgehead atoms. The van der Waals surface area contributed by atoms with Crippen LogP contribution < -0.4 is 4.90 Å². The highest BCUT2D eigenvalue weighted by molar-refractivity contribution is 6.02. The number of ether oxygens (including phenoxy) is 1. The minimum Gasteiger partial charge on any atom is -0.477 e. The topological polar surface area (TPSA) is 29.5 Å². The largest absolute Gasteiger partial charge is 0.477 e. The average Bonchev–Trinajstić information content (AvgIpc) is 2.28. The van der Waals surface area contributed by atoms with E-state index in [1.54, 1.807) is 6.92 Å². The van der Waals surface area contributed by atoms with Crippen LogP contribution in [-0.2, 0) is 15.7 Å². The highest BCUT2D eigenvalue weighted by atomic mass is 19.4. The Balaban J connectivity index is 2.33. The third-order valence-electron chi connectivity index (χ3n) is 2.50. The number of hydrogen-bond acceptors (Lipinski definition) is 2. The van der Waals surface area contributed by atoms with E-state index in [1.165, 1.54) is 18.2 Å². The van der Waals surface area contributed by atoms with E-state index in [2.05, 4.69) is 0 Å². The van der Waals surface area contributed by atoms with Gasteiger partial charge in [0.25, 0.3) is 5.91 Å². The number of halogens is 3. The van der Waals surface area contributed by atoms with E-state index in [0.29, 0.717) is 5.76 Å². The van der Waals surface area contributed by atoms with Gasteiger partial charge in [0.15, 0.2) is 6.73 Å². The molecule has 0 radical (unpaired) electrons. The van der Waals surface area contributed by atoms with E-state index < -0.39 is 17.6 Å². The zero-order chi connectivity index (χ0) is 13.3. The fourth-order valence-electron chi connectivity index (χ4n) is 1.58. The molecule has 0 N–H and O–H groups in total. The molecule has 1 aliphatic heterocycles. The number of amides is 1. The van der Waals surface area contributed by atoms with Crippen LogP contribution in [0, 0.1) is 0 Å². The highest BCUT2D eigenvalue weighted by Gasteiger charge is 2.31. The minimum absolute atomic E-state index is 0.0809. The Hall–Kier alpha value is -1.98. The molecule has 1 amide bonds. The van der Waals surface area contributed by atoms with Crippen molar-refractivity contribution in [1.29, 1.82) is 0 Å². The molecule has 3 nitrogen and oxygen atoms in total. The van der Waals surface area contributed by atoms with Crippen molar-refractivity contribution >= 4 is 11.6 Å². The fourth-order valence-corrected chi connectivity index (χ4v) is 1.58. The summed E-state index contributed by atoms with van der Waals surface area (Å²) in [7, 11) is 0. The van der Waals surface area contributed by atoms with Crippen LogP contribution in [0.3, 0.4) is 0 Å². The van der Waals surface area contributed by atoms with Crippen molar-refractivity contribution in [1.82, 2.24) is 0 Å². The molecule has 1 aromatic rings. The van der Waals surface area contributed by atoms with Gasteiger partial charge in [0, 0.05) is 11.8 Å². The number of allylic oxidation sites excluding steroid dienone is 1. The van der Waals surface area contributed by atoms with E-state index in [0.717, 1.165) is 17.0 Å². The number of carbonyl (C=O) groups excluding carboxylic acids is 1. The Bertz CT molecular complexity index is 508. The van der Waals surface area contributed by atoms with Crippen molar-refractivity contribution in [2.45, 2.75) is 13.1 Å². The van der Waals surface area contributed by atoms with Crippen LogP contribution in [0.15, 0.2) is 36.1 Å². The van der Waals surface area contributed by atoms with Crippen LogP contribution >= 0.6 is 0 Å². The van der Waals surface area contributed by atoms with Gasteiger partial charge in [-0.3, -0.25) is 9.69 Å². The Labute approximate surface area is 101 Å². The molecule has 0 aliphatic carbocycles. The van der Waals surface area contributed by atoms with Gasteiger partial charge in [-0.1, -0.05) is 6.07 Å². The number of carbonyl (C=O) groups is 1. The average molecular weight is 257 g/mol. The lowest BCUT2D eigenvalue weighted by molar-refractivity contribution is -0.137. The standard InChI is InChI=1S/C12H10F3NO2/c1-8-5-11(17)16(7-18-8)10-4-2-3-9(6-10)12(13,14)15/h2-6H,7H2,1H3. The first kappa shape index (κ1) is 12.5. The normalized spacial score (nSPS) is 16.3. The van der Waals surface area contributed by atoms with Gasteiger partial charge in [-0.05, 0) is 25.1 Å². The SMILES string of the molecule is CC1=CC(=O)N(c2cccc(C(F)(F)F)c2)CO1. The van der Waals surface area contributed by atoms with E-state index >= 15 is 0 Å². The van der Waals surface area contributed by atoms with E-state index in [1.807, 2.05) is 0 Å². The van der Waals surface area contributed by atoms with Crippen LogP contribution in [0.2, 0.25) is 0 Å². The zero-order valence-electron chi connectivity index (χ0n) is 9.49. The number of alkyl halides is 3. The summed E-state index contributed by atoms with van der Waals surface area (Å²) >= 11 is 0. The molecule has 0 saturated carbocycles. The quantitative estimate of drug-likeness (QED) is 0.774. The molecule has 0 atom stereocenters. The summed E-state index contributed by atoms with van der Waals surface area (Å²) in [6.07, 6.45) is -3.19.